The van der Waals surface area contributed by atoms with Crippen LogP contribution in [0, 0.1) is 6.92 Å². The van der Waals surface area contributed by atoms with Gasteiger partial charge in [0.1, 0.15) is 23.4 Å². The highest BCUT2D eigenvalue weighted by Crippen LogP contribution is 2.44. The Labute approximate surface area is 279 Å². The smallest absolute Gasteiger partial charge is 0.306 e. The van der Waals surface area contributed by atoms with Gasteiger partial charge in [0.2, 0.25) is 0 Å². The van der Waals surface area contributed by atoms with E-state index in [1.54, 1.807) is 0 Å². The molecule has 46 heavy (non-hydrogen) atoms. The summed E-state index contributed by atoms with van der Waals surface area (Å²) in [6.07, 6.45) is 4.30. The first-order valence-electron chi connectivity index (χ1n) is 16.6. The number of likely N-dealkylation sites (tertiary alicyclic amines) is 1. The largest absolute Gasteiger partial charge is 0.493 e. The van der Waals surface area contributed by atoms with Crippen LogP contribution in [0.1, 0.15) is 74.8 Å². The number of benzene rings is 3. The molecule has 248 valence electrons. The molecule has 3 aromatic rings. The van der Waals surface area contributed by atoms with E-state index >= 15 is 0 Å². The average Bonchev–Trinajstić information content (AvgIpc) is 3.45. The van der Waals surface area contributed by atoms with Crippen molar-refractivity contribution in [1.82, 2.24) is 9.80 Å². The fourth-order valence-electron chi connectivity index (χ4n) is 6.61. The molecule has 0 N–H and O–H groups in total. The molecular formula is C38H49ClN2O5. The lowest BCUT2D eigenvalue weighted by molar-refractivity contribution is -0.140. The molecule has 7 nitrogen and oxygen atoms in total. The van der Waals surface area contributed by atoms with Gasteiger partial charge in [-0.15, -0.1) is 0 Å². The van der Waals surface area contributed by atoms with Crippen LogP contribution in [0.25, 0.3) is 11.1 Å². The molecule has 2 aliphatic rings. The summed E-state index contributed by atoms with van der Waals surface area (Å²) < 4.78 is 23.7. The Morgan fingerprint density at radius 1 is 1.07 bits per heavy atom. The Morgan fingerprint density at radius 2 is 1.85 bits per heavy atom. The summed E-state index contributed by atoms with van der Waals surface area (Å²) in [6.45, 7) is 13.4. The number of esters is 1. The van der Waals surface area contributed by atoms with Gasteiger partial charge in [0.25, 0.3) is 0 Å². The molecule has 0 aromatic heterocycles. The van der Waals surface area contributed by atoms with E-state index in [-0.39, 0.29) is 12.1 Å². The van der Waals surface area contributed by atoms with Crippen molar-refractivity contribution < 1.29 is 23.7 Å². The maximum Gasteiger partial charge on any atom is 0.306 e. The fourth-order valence-corrected chi connectivity index (χ4v) is 6.84. The number of halogens is 1. The second kappa shape index (κ2) is 15.1. The van der Waals surface area contributed by atoms with Gasteiger partial charge in [0.15, 0.2) is 0 Å². The van der Waals surface area contributed by atoms with Crippen molar-refractivity contribution in [1.29, 1.82) is 0 Å². The third-order valence-electron chi connectivity index (χ3n) is 9.52. The summed E-state index contributed by atoms with van der Waals surface area (Å²) in [7, 11) is 3.37. The van der Waals surface area contributed by atoms with E-state index in [1.165, 1.54) is 47.9 Å². The van der Waals surface area contributed by atoms with Crippen molar-refractivity contribution >= 4 is 17.6 Å². The summed E-state index contributed by atoms with van der Waals surface area (Å²) in [5.41, 5.74) is 7.40. The highest BCUT2D eigenvalue weighted by molar-refractivity contribution is 6.32. The van der Waals surface area contributed by atoms with Crippen LogP contribution >= 0.6 is 11.6 Å². The van der Waals surface area contributed by atoms with E-state index < -0.39 is 0 Å². The quantitative estimate of drug-likeness (QED) is 0.122. The predicted molar refractivity (Wildman–Crippen MR) is 184 cm³/mol. The Kier molecular flexibility index (Phi) is 11.2. The van der Waals surface area contributed by atoms with E-state index in [1.807, 2.05) is 26.1 Å². The summed E-state index contributed by atoms with van der Waals surface area (Å²) >= 11 is 6.81. The standard InChI is InChI=1S/C38H49ClN2O5/c1-7-44-35-24-36(32(39)23-27(35)25-40(5)20-17-37(42)43-6)46-34-16-15-30-29(12-8-13-31(30)34)28-11-9-14-33(26(28)2)45-22-10-19-41-21-18-38(41,3)4/h8-9,11-14,23-24,34H,7,10,15-22,25H2,1-6H3/t34-/m0/s1. The molecule has 1 aliphatic heterocycles. The molecule has 0 spiro atoms. The number of carbonyl (C=O) groups is 1. The molecule has 0 unspecified atom stereocenters. The molecule has 0 saturated carbocycles. The van der Waals surface area contributed by atoms with E-state index in [2.05, 4.69) is 67.0 Å². The van der Waals surface area contributed by atoms with Crippen LogP contribution in [0.3, 0.4) is 0 Å². The zero-order valence-electron chi connectivity index (χ0n) is 28.3. The molecule has 1 saturated heterocycles. The number of hydrogen-bond acceptors (Lipinski definition) is 7. The van der Waals surface area contributed by atoms with Crippen molar-refractivity contribution in [2.24, 2.45) is 0 Å². The van der Waals surface area contributed by atoms with Crippen LogP contribution in [-0.2, 0) is 22.5 Å². The molecule has 1 aliphatic carbocycles. The molecule has 1 atom stereocenters. The fraction of sp³-hybridized carbons (Fsp3) is 0.500. The first-order chi connectivity index (χ1) is 22.1. The minimum absolute atomic E-state index is 0.110. The number of hydrogen-bond donors (Lipinski definition) is 0. The summed E-state index contributed by atoms with van der Waals surface area (Å²) in [5, 5.41) is 0.544. The number of ether oxygens (including phenoxy) is 4. The van der Waals surface area contributed by atoms with Crippen LogP contribution in [0.15, 0.2) is 48.5 Å². The van der Waals surface area contributed by atoms with Crippen LogP contribution in [0.4, 0.5) is 0 Å². The van der Waals surface area contributed by atoms with Crippen LogP contribution in [0.2, 0.25) is 5.02 Å². The van der Waals surface area contributed by atoms with Crippen molar-refractivity contribution in [2.45, 2.75) is 78.0 Å². The van der Waals surface area contributed by atoms with Gasteiger partial charge in [0, 0.05) is 43.3 Å². The summed E-state index contributed by atoms with van der Waals surface area (Å²) in [5.74, 6) is 2.07. The van der Waals surface area contributed by atoms with Gasteiger partial charge in [-0.2, -0.15) is 0 Å². The number of fused-ring (bicyclic) bond motifs is 1. The third kappa shape index (κ3) is 7.81. The van der Waals surface area contributed by atoms with Crippen molar-refractivity contribution in [3.63, 3.8) is 0 Å². The molecule has 1 heterocycles. The minimum atomic E-state index is -0.230. The Hall–Kier alpha value is -3.26. The van der Waals surface area contributed by atoms with Gasteiger partial charge in [-0.1, -0.05) is 41.9 Å². The van der Waals surface area contributed by atoms with Crippen molar-refractivity contribution in [3.05, 3.63) is 75.8 Å². The number of nitrogens with zero attached hydrogens (tertiary/aromatic N) is 2. The molecule has 0 bridgehead atoms. The van der Waals surface area contributed by atoms with Crippen LogP contribution < -0.4 is 14.2 Å². The SMILES string of the molecule is CCOc1cc(O[C@H]2CCc3c(-c4cccc(OCCCN5CCC5(C)C)c4C)cccc32)c(Cl)cc1CN(C)CCC(=O)OC. The maximum absolute atomic E-state index is 11.6. The molecule has 0 radical (unpaired) electrons. The van der Waals surface area contributed by atoms with Gasteiger partial charge in [-0.05, 0) is 100 Å². The molecule has 0 amide bonds. The Bertz CT molecular complexity index is 1520. The van der Waals surface area contributed by atoms with Gasteiger partial charge in [0.05, 0.1) is 31.8 Å². The zero-order chi connectivity index (χ0) is 32.8. The summed E-state index contributed by atoms with van der Waals surface area (Å²) in [4.78, 5) is 16.2. The van der Waals surface area contributed by atoms with E-state index in [4.69, 9.17) is 30.5 Å². The molecule has 3 aromatic carbocycles. The lowest BCUT2D eigenvalue weighted by Crippen LogP contribution is -2.55. The lowest BCUT2D eigenvalue weighted by atomic mass is 9.89. The Balaban J connectivity index is 1.29. The average molecular weight is 649 g/mol. The zero-order valence-corrected chi connectivity index (χ0v) is 29.0. The van der Waals surface area contributed by atoms with Gasteiger partial charge in [-0.3, -0.25) is 9.69 Å². The molecule has 5 rings (SSSR count). The highest BCUT2D eigenvalue weighted by Gasteiger charge is 2.35. The summed E-state index contributed by atoms with van der Waals surface area (Å²) in [6, 6.07) is 16.7. The first-order valence-corrected chi connectivity index (χ1v) is 17.0. The van der Waals surface area contributed by atoms with Crippen molar-refractivity contribution in [3.8, 4) is 28.4 Å². The van der Waals surface area contributed by atoms with E-state index in [0.717, 1.165) is 42.9 Å². The monoisotopic (exact) mass is 648 g/mol. The van der Waals surface area contributed by atoms with Gasteiger partial charge >= 0.3 is 5.97 Å². The van der Waals surface area contributed by atoms with Gasteiger partial charge < -0.3 is 23.8 Å². The van der Waals surface area contributed by atoms with Crippen LogP contribution in [0.5, 0.6) is 17.2 Å². The second-order valence-corrected chi connectivity index (χ2v) is 13.5. The lowest BCUT2D eigenvalue weighted by Gasteiger charge is -2.48. The number of carbonyl (C=O) groups excluding carboxylic acids is 1. The molecular weight excluding hydrogens is 600 g/mol. The first kappa shape index (κ1) is 34.1. The number of methoxy groups -OCH3 is 1. The van der Waals surface area contributed by atoms with Crippen LogP contribution in [-0.4, -0.2) is 68.3 Å². The van der Waals surface area contributed by atoms with E-state index in [0.29, 0.717) is 49.0 Å². The maximum atomic E-state index is 11.6. The van der Waals surface area contributed by atoms with Gasteiger partial charge in [-0.25, -0.2) is 0 Å². The normalized spacial score (nSPS) is 17.0. The molecule has 8 heteroatoms. The third-order valence-corrected chi connectivity index (χ3v) is 9.81. The van der Waals surface area contributed by atoms with E-state index in [9.17, 15) is 4.79 Å². The highest BCUT2D eigenvalue weighted by atomic mass is 35.5. The Morgan fingerprint density at radius 3 is 2.57 bits per heavy atom. The minimum Gasteiger partial charge on any atom is -0.493 e. The van der Waals surface area contributed by atoms with Crippen molar-refractivity contribution in [2.75, 3.05) is 47.0 Å². The number of rotatable bonds is 15. The molecule has 1 fully saturated rings. The predicted octanol–water partition coefficient (Wildman–Crippen LogP) is 8.03. The topological polar surface area (TPSA) is 60.5 Å². The second-order valence-electron chi connectivity index (χ2n) is 13.1.